The van der Waals surface area contributed by atoms with Crippen LogP contribution in [-0.2, 0) is 0 Å². The number of nitrogens with one attached hydrogen (secondary N) is 2. The van der Waals surface area contributed by atoms with Crippen molar-refractivity contribution in [3.05, 3.63) is 40.4 Å². The highest BCUT2D eigenvalue weighted by Gasteiger charge is 2.14. The number of nitrogens with zero attached hydrogens (tertiary/aromatic N) is 2. The van der Waals surface area contributed by atoms with E-state index in [1.165, 1.54) is 0 Å². The molecule has 0 bridgehead atoms. The van der Waals surface area contributed by atoms with Gasteiger partial charge in [-0.2, -0.15) is 5.10 Å². The van der Waals surface area contributed by atoms with Crippen molar-refractivity contribution in [3.8, 4) is 5.75 Å². The summed E-state index contributed by atoms with van der Waals surface area (Å²) in [7, 11) is 1.61. The molecular weight excluding hydrogens is 292 g/mol. The minimum absolute atomic E-state index is 0.333. The number of ether oxygens (including phenoxy) is 1. The third-order valence-electron chi connectivity index (χ3n) is 2.59. The van der Waals surface area contributed by atoms with Gasteiger partial charge in [0.05, 0.1) is 19.0 Å². The number of hydrogen-bond donors (Lipinski definition) is 3. The van der Waals surface area contributed by atoms with Crippen LogP contribution in [-0.4, -0.2) is 29.4 Å². The van der Waals surface area contributed by atoms with E-state index in [1.54, 1.807) is 25.7 Å². The Hall–Kier alpha value is -2.45. The highest BCUT2D eigenvalue weighted by Crippen LogP contribution is 2.22. The van der Waals surface area contributed by atoms with Gasteiger partial charge in [0.2, 0.25) is 5.13 Å². The van der Waals surface area contributed by atoms with Crippen molar-refractivity contribution in [2.75, 3.05) is 12.5 Å². The van der Waals surface area contributed by atoms with Gasteiger partial charge < -0.3 is 4.74 Å². The van der Waals surface area contributed by atoms with Crippen LogP contribution < -0.4 is 15.6 Å². The molecule has 0 saturated carbocycles. The van der Waals surface area contributed by atoms with E-state index in [0.29, 0.717) is 15.7 Å². The Morgan fingerprint density at radius 3 is 2.76 bits per heavy atom. The van der Waals surface area contributed by atoms with E-state index in [0.717, 1.165) is 22.6 Å². The smallest absolute Gasteiger partial charge is 0.286 e. The number of aryl methyl sites for hydroxylation is 1. The second-order valence-corrected chi connectivity index (χ2v) is 5.02. The van der Waals surface area contributed by atoms with Crippen LogP contribution in [0.4, 0.5) is 5.13 Å². The van der Waals surface area contributed by atoms with Crippen LogP contribution in [0.1, 0.15) is 20.9 Å². The van der Waals surface area contributed by atoms with Crippen molar-refractivity contribution in [2.24, 2.45) is 5.10 Å². The molecule has 0 aliphatic rings. The number of thiazole rings is 1. The Morgan fingerprint density at radius 1 is 1.43 bits per heavy atom. The van der Waals surface area contributed by atoms with Gasteiger partial charge in [-0.15, -0.1) is 0 Å². The fourth-order valence-corrected chi connectivity index (χ4v) is 2.36. The topological polar surface area (TPSA) is 95.8 Å². The monoisotopic (exact) mass is 306 g/mol. The summed E-state index contributed by atoms with van der Waals surface area (Å²) in [5.41, 5.74) is 5.74. The minimum atomic E-state index is -0.586. The molecular formula is C13H14N4O3S. The second kappa shape index (κ2) is 6.82. The average Bonchev–Trinajstić information content (AvgIpc) is 2.88. The predicted octanol–water partition coefficient (Wildman–Crippen LogP) is 2.03. The van der Waals surface area contributed by atoms with E-state index in [9.17, 15) is 4.79 Å². The molecule has 0 saturated heterocycles. The fourth-order valence-electron chi connectivity index (χ4n) is 1.56. The maximum absolute atomic E-state index is 11.3. The molecule has 3 N–H and O–H groups in total. The molecule has 8 heteroatoms. The number of hydrogen-bond acceptors (Lipinski definition) is 7. The van der Waals surface area contributed by atoms with Crippen LogP contribution >= 0.6 is 11.3 Å². The number of carbonyl (C=O) groups excluding carboxylic acids is 1. The van der Waals surface area contributed by atoms with Gasteiger partial charge in [-0.3, -0.25) is 15.4 Å². The second-order valence-electron chi connectivity index (χ2n) is 4.02. The summed E-state index contributed by atoms with van der Waals surface area (Å²) in [5.74, 6) is 0.187. The lowest BCUT2D eigenvalue weighted by Gasteiger charge is -1.98. The van der Waals surface area contributed by atoms with Crippen LogP contribution in [0.3, 0.4) is 0 Å². The number of benzene rings is 1. The van der Waals surface area contributed by atoms with Crippen molar-refractivity contribution in [3.63, 3.8) is 0 Å². The molecule has 2 aromatic rings. The Bertz CT molecular complexity index is 652. The maximum atomic E-state index is 11.3. The van der Waals surface area contributed by atoms with Gasteiger partial charge in [0, 0.05) is 0 Å². The molecule has 1 amide bonds. The van der Waals surface area contributed by atoms with E-state index in [-0.39, 0.29) is 0 Å². The lowest BCUT2D eigenvalue weighted by molar-refractivity contribution is 0.0710. The highest BCUT2D eigenvalue weighted by molar-refractivity contribution is 7.17. The normalized spacial score (nSPS) is 10.6. The van der Waals surface area contributed by atoms with Gasteiger partial charge in [-0.05, 0) is 36.8 Å². The number of amides is 1. The van der Waals surface area contributed by atoms with Crippen LogP contribution in [0.2, 0.25) is 0 Å². The van der Waals surface area contributed by atoms with Gasteiger partial charge in [0.15, 0.2) is 0 Å². The molecule has 1 heterocycles. The largest absolute Gasteiger partial charge is 0.497 e. The number of anilines is 1. The third-order valence-corrected chi connectivity index (χ3v) is 3.65. The maximum Gasteiger partial charge on any atom is 0.286 e. The zero-order valence-electron chi connectivity index (χ0n) is 11.5. The van der Waals surface area contributed by atoms with E-state index < -0.39 is 5.91 Å². The third kappa shape index (κ3) is 3.77. The molecule has 0 atom stereocenters. The number of hydrazone groups is 1. The average molecular weight is 306 g/mol. The SMILES string of the molecule is COc1ccc(/C=N/Nc2nc(C)c(C(=O)NO)s2)cc1. The van der Waals surface area contributed by atoms with Crippen molar-refractivity contribution >= 4 is 28.6 Å². The summed E-state index contributed by atoms with van der Waals surface area (Å²) in [4.78, 5) is 15.8. The first-order valence-electron chi connectivity index (χ1n) is 5.99. The molecule has 0 aliphatic carbocycles. The summed E-state index contributed by atoms with van der Waals surface area (Å²) >= 11 is 1.11. The molecule has 21 heavy (non-hydrogen) atoms. The van der Waals surface area contributed by atoms with Crippen LogP contribution in [0.15, 0.2) is 29.4 Å². The fraction of sp³-hybridized carbons (Fsp3) is 0.154. The number of hydroxylamine groups is 1. The predicted molar refractivity (Wildman–Crippen MR) is 80.3 cm³/mol. The summed E-state index contributed by atoms with van der Waals surface area (Å²) in [6.45, 7) is 1.68. The Kier molecular flexibility index (Phi) is 4.85. The van der Waals surface area contributed by atoms with Gasteiger partial charge in [-0.25, -0.2) is 10.5 Å². The lowest BCUT2D eigenvalue weighted by Crippen LogP contribution is -2.18. The van der Waals surface area contributed by atoms with Crippen molar-refractivity contribution in [1.29, 1.82) is 0 Å². The molecule has 0 unspecified atom stereocenters. The molecule has 0 aliphatic heterocycles. The Morgan fingerprint density at radius 2 is 2.14 bits per heavy atom. The molecule has 1 aromatic carbocycles. The summed E-state index contributed by atoms with van der Waals surface area (Å²) < 4.78 is 5.07. The summed E-state index contributed by atoms with van der Waals surface area (Å²) in [5, 5.41) is 13.1. The standard InChI is InChI=1S/C13H14N4O3S/c1-8-11(12(18)17-19)21-13(15-8)16-14-7-9-3-5-10(20-2)6-4-9/h3-7,19H,1-2H3,(H,15,16)(H,17,18)/b14-7+. The Labute approximate surface area is 125 Å². The number of methoxy groups -OCH3 is 1. The van der Waals surface area contributed by atoms with Gasteiger partial charge in [-0.1, -0.05) is 11.3 Å². The first kappa shape index (κ1) is 14.9. The zero-order valence-corrected chi connectivity index (χ0v) is 12.3. The van der Waals surface area contributed by atoms with Gasteiger partial charge in [0.25, 0.3) is 5.91 Å². The Balaban J connectivity index is 2.02. The molecule has 1 aromatic heterocycles. The zero-order chi connectivity index (χ0) is 15.2. The van der Waals surface area contributed by atoms with Crippen molar-refractivity contribution in [1.82, 2.24) is 10.5 Å². The number of carbonyl (C=O) groups is 1. The van der Waals surface area contributed by atoms with E-state index in [2.05, 4.69) is 15.5 Å². The van der Waals surface area contributed by atoms with Crippen LogP contribution in [0.25, 0.3) is 0 Å². The molecule has 0 spiro atoms. The van der Waals surface area contributed by atoms with Crippen LogP contribution in [0.5, 0.6) is 5.75 Å². The first-order valence-corrected chi connectivity index (χ1v) is 6.80. The molecule has 0 fully saturated rings. The summed E-state index contributed by atoms with van der Waals surface area (Å²) in [6.07, 6.45) is 1.63. The van der Waals surface area contributed by atoms with E-state index in [4.69, 9.17) is 9.94 Å². The number of rotatable bonds is 5. The minimum Gasteiger partial charge on any atom is -0.497 e. The molecule has 7 nitrogen and oxygen atoms in total. The van der Waals surface area contributed by atoms with Crippen molar-refractivity contribution in [2.45, 2.75) is 6.92 Å². The molecule has 110 valence electrons. The molecule has 0 radical (unpaired) electrons. The first-order chi connectivity index (χ1) is 10.1. The van der Waals surface area contributed by atoms with Gasteiger partial charge in [0.1, 0.15) is 10.6 Å². The quantitative estimate of drug-likeness (QED) is 0.446. The van der Waals surface area contributed by atoms with Gasteiger partial charge >= 0.3 is 0 Å². The van der Waals surface area contributed by atoms with E-state index >= 15 is 0 Å². The van der Waals surface area contributed by atoms with E-state index in [1.807, 2.05) is 24.3 Å². The highest BCUT2D eigenvalue weighted by atomic mass is 32.1. The number of aromatic nitrogens is 1. The lowest BCUT2D eigenvalue weighted by atomic mass is 10.2. The van der Waals surface area contributed by atoms with Crippen molar-refractivity contribution < 1.29 is 14.7 Å². The molecule has 2 rings (SSSR count). The van der Waals surface area contributed by atoms with Crippen LogP contribution in [0, 0.1) is 6.92 Å². The summed E-state index contributed by atoms with van der Waals surface area (Å²) in [6, 6.07) is 7.39.